The Kier molecular flexibility index (Phi) is 3.00. The number of anilines is 2. The Hall–Kier alpha value is -2.43. The van der Waals surface area contributed by atoms with E-state index >= 15 is 0 Å². The highest BCUT2D eigenvalue weighted by Crippen LogP contribution is 2.16. The van der Waals surface area contributed by atoms with Crippen molar-refractivity contribution in [3.05, 3.63) is 47.9 Å². The summed E-state index contributed by atoms with van der Waals surface area (Å²) in [7, 11) is 0. The van der Waals surface area contributed by atoms with Crippen molar-refractivity contribution in [2.24, 2.45) is 0 Å². The Balaban J connectivity index is 2.24. The molecule has 0 aliphatic heterocycles. The number of nitrogens with zero attached hydrogens (tertiary/aromatic N) is 2. The molecule has 0 fully saturated rings. The van der Waals surface area contributed by atoms with Gasteiger partial charge in [-0.3, -0.25) is 9.78 Å². The molecule has 0 saturated carbocycles. The molecular formula is C12H12N4O. The fourth-order valence-corrected chi connectivity index (χ4v) is 1.45. The van der Waals surface area contributed by atoms with Gasteiger partial charge in [0.2, 0.25) is 0 Å². The topological polar surface area (TPSA) is 80.9 Å². The van der Waals surface area contributed by atoms with Crippen LogP contribution in [0.4, 0.5) is 11.5 Å². The number of hydrogen-bond donors (Lipinski definition) is 2. The maximum absolute atomic E-state index is 12.0. The minimum absolute atomic E-state index is 0.240. The Labute approximate surface area is 98.7 Å². The van der Waals surface area contributed by atoms with E-state index in [-0.39, 0.29) is 5.91 Å². The number of nitrogens with two attached hydrogens (primary N) is 1. The van der Waals surface area contributed by atoms with E-state index in [4.69, 9.17) is 5.73 Å². The van der Waals surface area contributed by atoms with Crippen LogP contribution in [0.5, 0.6) is 0 Å². The van der Waals surface area contributed by atoms with Crippen molar-refractivity contribution in [1.82, 2.24) is 9.97 Å². The summed E-state index contributed by atoms with van der Waals surface area (Å²) in [6.07, 6.45) is 4.54. The molecule has 2 aromatic rings. The summed E-state index contributed by atoms with van der Waals surface area (Å²) < 4.78 is 0. The molecule has 1 heterocycles. The highest BCUT2D eigenvalue weighted by molar-refractivity contribution is 6.05. The van der Waals surface area contributed by atoms with Crippen LogP contribution in [0.2, 0.25) is 0 Å². The monoisotopic (exact) mass is 228 g/mol. The number of nitrogen functional groups attached to an aromatic ring is 1. The summed E-state index contributed by atoms with van der Waals surface area (Å²) in [6.45, 7) is 1.81. The molecule has 0 atom stereocenters. The Morgan fingerprint density at radius 2 is 2.18 bits per heavy atom. The van der Waals surface area contributed by atoms with Crippen molar-refractivity contribution >= 4 is 17.4 Å². The van der Waals surface area contributed by atoms with Gasteiger partial charge in [-0.05, 0) is 24.6 Å². The molecule has 0 bridgehead atoms. The van der Waals surface area contributed by atoms with Gasteiger partial charge < -0.3 is 11.1 Å². The third-order valence-corrected chi connectivity index (χ3v) is 2.43. The zero-order valence-corrected chi connectivity index (χ0v) is 9.34. The van der Waals surface area contributed by atoms with Crippen molar-refractivity contribution in [2.75, 3.05) is 11.1 Å². The standard InChI is InChI=1S/C12H12N4O/c1-8-9(3-2-4-10(8)13)12(17)16-11-7-14-5-6-15-11/h2-7H,13H2,1H3,(H,15,16,17). The zero-order chi connectivity index (χ0) is 12.3. The number of carbonyl (C=O) groups excluding carboxylic acids is 1. The number of nitrogens with one attached hydrogen (secondary N) is 1. The van der Waals surface area contributed by atoms with E-state index in [0.717, 1.165) is 5.56 Å². The summed E-state index contributed by atoms with van der Waals surface area (Å²) in [5.74, 6) is 0.176. The summed E-state index contributed by atoms with van der Waals surface area (Å²) in [4.78, 5) is 19.8. The maximum Gasteiger partial charge on any atom is 0.257 e. The first-order valence-corrected chi connectivity index (χ1v) is 5.11. The Bertz CT molecular complexity index is 539. The summed E-state index contributed by atoms with van der Waals surface area (Å²) >= 11 is 0. The molecule has 5 nitrogen and oxygen atoms in total. The van der Waals surface area contributed by atoms with Gasteiger partial charge in [0, 0.05) is 23.6 Å². The molecule has 3 N–H and O–H groups in total. The first-order valence-electron chi connectivity index (χ1n) is 5.11. The molecule has 1 aromatic heterocycles. The summed E-state index contributed by atoms with van der Waals surface area (Å²) in [6, 6.07) is 5.22. The van der Waals surface area contributed by atoms with Gasteiger partial charge >= 0.3 is 0 Å². The molecule has 86 valence electrons. The molecule has 0 saturated heterocycles. The smallest absolute Gasteiger partial charge is 0.257 e. The number of aromatic nitrogens is 2. The Morgan fingerprint density at radius 3 is 2.88 bits per heavy atom. The largest absolute Gasteiger partial charge is 0.398 e. The molecular weight excluding hydrogens is 216 g/mol. The summed E-state index contributed by atoms with van der Waals surface area (Å²) in [5, 5.41) is 2.66. The van der Waals surface area contributed by atoms with E-state index in [0.29, 0.717) is 17.1 Å². The van der Waals surface area contributed by atoms with Gasteiger partial charge in [0.15, 0.2) is 5.82 Å². The number of amides is 1. The van der Waals surface area contributed by atoms with E-state index in [1.807, 2.05) is 0 Å². The highest BCUT2D eigenvalue weighted by Gasteiger charge is 2.10. The van der Waals surface area contributed by atoms with Crippen LogP contribution in [0.25, 0.3) is 0 Å². The van der Waals surface area contributed by atoms with Crippen molar-refractivity contribution < 1.29 is 4.79 Å². The van der Waals surface area contributed by atoms with Crippen LogP contribution in [-0.4, -0.2) is 15.9 Å². The highest BCUT2D eigenvalue weighted by atomic mass is 16.1. The van der Waals surface area contributed by atoms with Crippen LogP contribution < -0.4 is 11.1 Å². The number of rotatable bonds is 2. The minimum Gasteiger partial charge on any atom is -0.398 e. The SMILES string of the molecule is Cc1c(N)cccc1C(=O)Nc1cnccn1. The van der Waals surface area contributed by atoms with Crippen LogP contribution in [0, 0.1) is 6.92 Å². The molecule has 5 heteroatoms. The molecule has 17 heavy (non-hydrogen) atoms. The van der Waals surface area contributed by atoms with Gasteiger partial charge in [-0.1, -0.05) is 6.07 Å². The average molecular weight is 228 g/mol. The Morgan fingerprint density at radius 1 is 1.35 bits per heavy atom. The normalized spacial score (nSPS) is 9.94. The lowest BCUT2D eigenvalue weighted by atomic mass is 10.1. The van der Waals surface area contributed by atoms with Crippen LogP contribution in [0.1, 0.15) is 15.9 Å². The van der Waals surface area contributed by atoms with Gasteiger partial charge in [0.25, 0.3) is 5.91 Å². The predicted octanol–water partition coefficient (Wildman–Crippen LogP) is 1.62. The van der Waals surface area contributed by atoms with Gasteiger partial charge in [0.1, 0.15) is 0 Å². The lowest BCUT2D eigenvalue weighted by Gasteiger charge is -2.08. The lowest BCUT2D eigenvalue weighted by molar-refractivity contribution is 0.102. The molecule has 0 radical (unpaired) electrons. The molecule has 1 aromatic carbocycles. The quantitative estimate of drug-likeness (QED) is 0.765. The van der Waals surface area contributed by atoms with Crippen LogP contribution in [-0.2, 0) is 0 Å². The van der Waals surface area contributed by atoms with Gasteiger partial charge in [-0.15, -0.1) is 0 Å². The van der Waals surface area contributed by atoms with Crippen molar-refractivity contribution in [1.29, 1.82) is 0 Å². The second kappa shape index (κ2) is 4.61. The fourth-order valence-electron chi connectivity index (χ4n) is 1.45. The van der Waals surface area contributed by atoms with Gasteiger partial charge in [0.05, 0.1) is 6.20 Å². The lowest BCUT2D eigenvalue weighted by Crippen LogP contribution is -2.15. The third kappa shape index (κ3) is 2.39. The zero-order valence-electron chi connectivity index (χ0n) is 9.34. The average Bonchev–Trinajstić information content (AvgIpc) is 2.34. The second-order valence-electron chi connectivity index (χ2n) is 3.56. The van der Waals surface area contributed by atoms with Crippen molar-refractivity contribution in [2.45, 2.75) is 6.92 Å². The van der Waals surface area contributed by atoms with Gasteiger partial charge in [-0.25, -0.2) is 4.98 Å². The van der Waals surface area contributed by atoms with Crippen molar-refractivity contribution in [3.63, 3.8) is 0 Å². The van der Waals surface area contributed by atoms with Crippen LogP contribution in [0.15, 0.2) is 36.8 Å². The molecule has 0 aliphatic rings. The first-order chi connectivity index (χ1) is 8.18. The van der Waals surface area contributed by atoms with E-state index < -0.39 is 0 Å². The predicted molar refractivity (Wildman–Crippen MR) is 65.6 cm³/mol. The van der Waals surface area contributed by atoms with Crippen LogP contribution in [0.3, 0.4) is 0 Å². The minimum atomic E-state index is -0.240. The summed E-state index contributed by atoms with van der Waals surface area (Å²) in [5.41, 5.74) is 7.63. The van der Waals surface area contributed by atoms with Crippen LogP contribution >= 0.6 is 0 Å². The maximum atomic E-state index is 12.0. The number of hydrogen-bond acceptors (Lipinski definition) is 4. The third-order valence-electron chi connectivity index (χ3n) is 2.43. The van der Waals surface area contributed by atoms with E-state index in [1.54, 1.807) is 31.3 Å². The second-order valence-corrected chi connectivity index (χ2v) is 3.56. The molecule has 0 aliphatic carbocycles. The molecule has 2 rings (SSSR count). The van der Waals surface area contributed by atoms with E-state index in [9.17, 15) is 4.79 Å². The van der Waals surface area contributed by atoms with Crippen molar-refractivity contribution in [3.8, 4) is 0 Å². The molecule has 0 spiro atoms. The molecule has 0 unspecified atom stereocenters. The van der Waals surface area contributed by atoms with E-state index in [2.05, 4.69) is 15.3 Å². The fraction of sp³-hybridized carbons (Fsp3) is 0.0833. The van der Waals surface area contributed by atoms with Gasteiger partial charge in [-0.2, -0.15) is 0 Å². The van der Waals surface area contributed by atoms with E-state index in [1.165, 1.54) is 12.4 Å². The number of carbonyl (C=O) groups is 1. The first kappa shape index (κ1) is 11.1. The molecule has 1 amide bonds. The number of benzene rings is 1.